The predicted molar refractivity (Wildman–Crippen MR) is 113 cm³/mol. The van der Waals surface area contributed by atoms with Crippen LogP contribution in [-0.4, -0.2) is 50.6 Å². The highest BCUT2D eigenvalue weighted by Gasteiger charge is 2.35. The summed E-state index contributed by atoms with van der Waals surface area (Å²) >= 11 is 0. The average molecular weight is 427 g/mol. The number of aromatic nitrogens is 5. The molecule has 0 bridgehead atoms. The lowest BCUT2D eigenvalue weighted by Crippen LogP contribution is -2.32. The van der Waals surface area contributed by atoms with Gasteiger partial charge >= 0.3 is 0 Å². The molecule has 2 aliphatic rings. The monoisotopic (exact) mass is 427 g/mol. The van der Waals surface area contributed by atoms with Gasteiger partial charge in [0.25, 0.3) is 0 Å². The molecular weight excluding hydrogens is 404 g/mol. The van der Waals surface area contributed by atoms with E-state index in [9.17, 15) is 8.78 Å². The highest BCUT2D eigenvalue weighted by Crippen LogP contribution is 2.39. The topological polar surface area (TPSA) is 89.8 Å². The van der Waals surface area contributed by atoms with Gasteiger partial charge in [0.1, 0.15) is 11.3 Å². The van der Waals surface area contributed by atoms with Crippen LogP contribution < -0.4 is 15.4 Å². The number of methoxy groups -OCH3 is 1. The van der Waals surface area contributed by atoms with E-state index in [4.69, 9.17) is 4.74 Å². The second kappa shape index (κ2) is 7.44. The Labute approximate surface area is 177 Å². The van der Waals surface area contributed by atoms with Crippen molar-refractivity contribution in [1.29, 1.82) is 0 Å². The normalized spacial score (nSPS) is 18.3. The molecule has 0 spiro atoms. The van der Waals surface area contributed by atoms with Gasteiger partial charge in [0.15, 0.2) is 0 Å². The number of benzene rings is 1. The molecule has 0 atom stereocenters. The molecule has 0 unspecified atom stereocenters. The van der Waals surface area contributed by atoms with E-state index in [-0.39, 0.29) is 18.9 Å². The second-order valence-corrected chi connectivity index (χ2v) is 7.97. The Morgan fingerprint density at radius 3 is 2.81 bits per heavy atom. The molecule has 10 heteroatoms. The van der Waals surface area contributed by atoms with Gasteiger partial charge in [-0.15, -0.1) is 5.10 Å². The summed E-state index contributed by atoms with van der Waals surface area (Å²) in [6.45, 7) is 0.596. The molecule has 1 aromatic carbocycles. The minimum Gasteiger partial charge on any atom is -0.480 e. The molecule has 2 aromatic heterocycles. The van der Waals surface area contributed by atoms with E-state index in [2.05, 4.69) is 37.0 Å². The van der Waals surface area contributed by atoms with Crippen molar-refractivity contribution >= 4 is 28.4 Å². The van der Waals surface area contributed by atoms with Crippen LogP contribution in [0.3, 0.4) is 0 Å². The van der Waals surface area contributed by atoms with Crippen molar-refractivity contribution in [2.45, 2.75) is 37.6 Å². The average Bonchev–Trinajstić information content (AvgIpc) is 3.14. The van der Waals surface area contributed by atoms with E-state index in [1.165, 1.54) is 0 Å². The van der Waals surface area contributed by atoms with Crippen molar-refractivity contribution in [3.8, 4) is 5.88 Å². The first kappa shape index (κ1) is 19.7. The van der Waals surface area contributed by atoms with Crippen molar-refractivity contribution in [2.24, 2.45) is 7.05 Å². The molecular formula is C21H23F2N7O. The minimum absolute atomic E-state index is 0.0827. The number of halogens is 2. The zero-order valence-corrected chi connectivity index (χ0v) is 17.3. The van der Waals surface area contributed by atoms with E-state index >= 15 is 0 Å². The summed E-state index contributed by atoms with van der Waals surface area (Å²) < 4.78 is 34.3. The van der Waals surface area contributed by atoms with Crippen LogP contribution >= 0.6 is 0 Å². The molecule has 0 saturated heterocycles. The first-order valence-corrected chi connectivity index (χ1v) is 10.3. The molecule has 1 aliphatic heterocycles. The number of rotatable bonds is 4. The number of alkyl halides is 2. The Balaban J connectivity index is 1.48. The van der Waals surface area contributed by atoms with Crippen molar-refractivity contribution < 1.29 is 13.5 Å². The summed E-state index contributed by atoms with van der Waals surface area (Å²) in [6, 6.07) is 5.87. The standard InChI is InChI=1S/C21H23F2N7O/c1-30-16-11-12(3-4-15(16)28-29-30)14-7-10-24-18-17(14)19(31-2)27-20(26-18)25-13-5-8-21(22,23)9-6-13/h3-4,7,11,13H,5-6,8-10H2,1-2H3,(H2,24,25,26,27). The van der Waals surface area contributed by atoms with Crippen LogP contribution in [0.25, 0.3) is 16.6 Å². The van der Waals surface area contributed by atoms with Crippen LogP contribution in [0.5, 0.6) is 5.88 Å². The number of ether oxygens (including phenoxy) is 1. The van der Waals surface area contributed by atoms with E-state index in [0.717, 1.165) is 27.7 Å². The Morgan fingerprint density at radius 2 is 2.03 bits per heavy atom. The number of fused-ring (bicyclic) bond motifs is 2. The van der Waals surface area contributed by atoms with Gasteiger partial charge in [0.05, 0.1) is 18.2 Å². The fourth-order valence-corrected chi connectivity index (χ4v) is 4.20. The maximum absolute atomic E-state index is 13.5. The minimum atomic E-state index is -2.57. The van der Waals surface area contributed by atoms with Gasteiger partial charge in [-0.2, -0.15) is 9.97 Å². The summed E-state index contributed by atoms with van der Waals surface area (Å²) in [7, 11) is 3.42. The van der Waals surface area contributed by atoms with E-state index in [1.54, 1.807) is 11.8 Å². The SMILES string of the molecule is COc1nc(NC2CCC(F)(F)CC2)nc2c1C(c1ccc3nnn(C)c3c1)=CCN2. The second-order valence-electron chi connectivity index (χ2n) is 7.97. The van der Waals surface area contributed by atoms with Gasteiger partial charge in [0, 0.05) is 32.5 Å². The molecule has 3 heterocycles. The molecule has 2 N–H and O–H groups in total. The molecule has 1 fully saturated rings. The van der Waals surface area contributed by atoms with Gasteiger partial charge < -0.3 is 15.4 Å². The first-order chi connectivity index (χ1) is 14.9. The Kier molecular flexibility index (Phi) is 4.71. The van der Waals surface area contributed by atoms with Crippen molar-refractivity contribution in [2.75, 3.05) is 24.3 Å². The molecule has 3 aromatic rings. The quantitative estimate of drug-likeness (QED) is 0.657. The molecule has 1 saturated carbocycles. The molecule has 1 aliphatic carbocycles. The van der Waals surface area contributed by atoms with Gasteiger partial charge in [-0.3, -0.25) is 0 Å². The predicted octanol–water partition coefficient (Wildman–Crippen LogP) is 3.61. The molecule has 5 rings (SSSR count). The third-order valence-corrected chi connectivity index (χ3v) is 5.89. The van der Waals surface area contributed by atoms with Gasteiger partial charge in [-0.1, -0.05) is 17.4 Å². The fourth-order valence-electron chi connectivity index (χ4n) is 4.20. The van der Waals surface area contributed by atoms with Crippen LogP contribution in [0.4, 0.5) is 20.5 Å². The fraction of sp³-hybridized carbons (Fsp3) is 0.429. The van der Waals surface area contributed by atoms with Crippen molar-refractivity contribution in [3.63, 3.8) is 0 Å². The highest BCUT2D eigenvalue weighted by molar-refractivity contribution is 5.92. The number of aryl methyl sites for hydroxylation is 1. The number of anilines is 2. The smallest absolute Gasteiger partial charge is 0.248 e. The Bertz CT molecular complexity index is 1160. The Morgan fingerprint density at radius 1 is 1.23 bits per heavy atom. The summed E-state index contributed by atoms with van der Waals surface area (Å²) in [6.07, 6.45) is 2.59. The molecule has 8 nitrogen and oxygen atoms in total. The number of hydrogen-bond donors (Lipinski definition) is 2. The largest absolute Gasteiger partial charge is 0.480 e. The van der Waals surface area contributed by atoms with E-state index < -0.39 is 5.92 Å². The summed E-state index contributed by atoms with van der Waals surface area (Å²) in [5.41, 5.74) is 4.45. The van der Waals surface area contributed by atoms with E-state index in [0.29, 0.717) is 37.0 Å². The van der Waals surface area contributed by atoms with Crippen LogP contribution in [-0.2, 0) is 7.05 Å². The molecule has 0 radical (unpaired) electrons. The lowest BCUT2D eigenvalue weighted by atomic mass is 9.92. The van der Waals surface area contributed by atoms with Crippen LogP contribution in [0, 0.1) is 0 Å². The zero-order valence-electron chi connectivity index (χ0n) is 17.3. The van der Waals surface area contributed by atoms with Gasteiger partial charge in [-0.05, 0) is 36.1 Å². The zero-order chi connectivity index (χ0) is 21.6. The van der Waals surface area contributed by atoms with E-state index in [1.807, 2.05) is 25.2 Å². The van der Waals surface area contributed by atoms with Crippen LogP contribution in [0.1, 0.15) is 36.8 Å². The lowest BCUT2D eigenvalue weighted by Gasteiger charge is -2.29. The number of nitrogens with one attached hydrogen (secondary N) is 2. The maximum atomic E-state index is 13.5. The first-order valence-electron chi connectivity index (χ1n) is 10.3. The van der Waals surface area contributed by atoms with Crippen LogP contribution in [0.15, 0.2) is 24.3 Å². The highest BCUT2D eigenvalue weighted by atomic mass is 19.3. The van der Waals surface area contributed by atoms with Crippen molar-refractivity contribution in [3.05, 3.63) is 35.4 Å². The number of hydrogen-bond acceptors (Lipinski definition) is 7. The lowest BCUT2D eigenvalue weighted by molar-refractivity contribution is -0.0361. The third kappa shape index (κ3) is 3.66. The molecule has 0 amide bonds. The summed E-state index contributed by atoms with van der Waals surface area (Å²) in [5.74, 6) is -1.12. The van der Waals surface area contributed by atoms with Crippen LogP contribution in [0.2, 0.25) is 0 Å². The van der Waals surface area contributed by atoms with Gasteiger partial charge in [0.2, 0.25) is 17.8 Å². The van der Waals surface area contributed by atoms with Crippen molar-refractivity contribution in [1.82, 2.24) is 25.0 Å². The summed E-state index contributed by atoms with van der Waals surface area (Å²) in [4.78, 5) is 9.16. The summed E-state index contributed by atoms with van der Waals surface area (Å²) in [5, 5.41) is 14.7. The third-order valence-electron chi connectivity index (χ3n) is 5.89. The van der Waals surface area contributed by atoms with Gasteiger partial charge in [-0.25, -0.2) is 13.5 Å². The number of nitrogens with zero attached hydrogens (tertiary/aromatic N) is 5. The molecule has 31 heavy (non-hydrogen) atoms. The Hall–Kier alpha value is -3.30. The maximum Gasteiger partial charge on any atom is 0.248 e. The molecule has 162 valence electrons.